The molecule has 0 aliphatic heterocycles. The van der Waals surface area contributed by atoms with Gasteiger partial charge in [0, 0.05) is 30.9 Å². The lowest BCUT2D eigenvalue weighted by Gasteiger charge is -2.23. The van der Waals surface area contributed by atoms with Crippen LogP contribution in [-0.4, -0.2) is 84.4 Å². The fraction of sp³-hybridized carbons (Fsp3) is 0.421. The highest BCUT2D eigenvalue weighted by molar-refractivity contribution is 6.00. The molecule has 1 heterocycles. The number of nitrogens with one attached hydrogen (secondary N) is 3. The Kier molecular flexibility index (Phi) is 15.1. The van der Waals surface area contributed by atoms with Crippen molar-refractivity contribution in [2.24, 2.45) is 0 Å². The molecule has 3 rings (SSSR count). The summed E-state index contributed by atoms with van der Waals surface area (Å²) >= 11 is 0. The number of anilines is 1. The standard InChI is InChI=1S/C38H49N5O9/c1-37(2,3)51-35(47)39-21-11-10-14-31(41-36(48)52-38(4,5)6)33(45)42-32-20-17-27(24-40-32)26-15-18-29(19-16-26)49-22-23-50-43(7)34(46)30-13-9-8-12-28(30)25-44/h8-9,12-13,15-20,24-25,31H,10-11,14,21-23H2,1-7H3,(H,39,47)(H,41,48)(H,40,42,45). The summed E-state index contributed by atoms with van der Waals surface area (Å²) in [5, 5.41) is 9.16. The van der Waals surface area contributed by atoms with Crippen LogP contribution < -0.4 is 20.7 Å². The van der Waals surface area contributed by atoms with Crippen LogP contribution in [0.25, 0.3) is 11.1 Å². The SMILES string of the molecule is CN(OCCOc1ccc(-c2ccc(NC(=O)C(CCCCNC(=O)OC(C)(C)C)NC(=O)OC(C)(C)C)nc2)cc1)C(=O)c1ccccc1C=O. The van der Waals surface area contributed by atoms with Gasteiger partial charge in [0.1, 0.15) is 42.0 Å². The summed E-state index contributed by atoms with van der Waals surface area (Å²) in [6.45, 7) is 11.2. The molecule has 4 amide bonds. The summed E-state index contributed by atoms with van der Waals surface area (Å²) in [4.78, 5) is 71.3. The molecular formula is C38H49N5O9. The molecule has 0 saturated heterocycles. The van der Waals surface area contributed by atoms with Crippen molar-refractivity contribution in [3.8, 4) is 16.9 Å². The van der Waals surface area contributed by atoms with Crippen molar-refractivity contribution in [2.45, 2.75) is 78.0 Å². The van der Waals surface area contributed by atoms with Gasteiger partial charge in [-0.05, 0) is 96.7 Å². The third kappa shape index (κ3) is 14.4. The van der Waals surface area contributed by atoms with Crippen LogP contribution in [0.1, 0.15) is 81.5 Å². The molecular weight excluding hydrogens is 670 g/mol. The predicted molar refractivity (Wildman–Crippen MR) is 195 cm³/mol. The first-order chi connectivity index (χ1) is 24.5. The minimum atomic E-state index is -0.907. The average molecular weight is 720 g/mol. The average Bonchev–Trinajstić information content (AvgIpc) is 3.08. The van der Waals surface area contributed by atoms with Gasteiger partial charge in [-0.3, -0.25) is 19.2 Å². The molecule has 14 heteroatoms. The minimum absolute atomic E-state index is 0.101. The molecule has 52 heavy (non-hydrogen) atoms. The Bertz CT molecular complexity index is 1650. The lowest BCUT2D eigenvalue weighted by Crippen LogP contribution is -2.46. The Hall–Kier alpha value is -5.50. The van der Waals surface area contributed by atoms with Gasteiger partial charge in [-0.25, -0.2) is 19.6 Å². The third-order valence-electron chi connectivity index (χ3n) is 7.04. The summed E-state index contributed by atoms with van der Waals surface area (Å²) in [5.74, 6) is -0.00823. The number of unbranched alkanes of at least 4 members (excludes halogenated alkanes) is 1. The van der Waals surface area contributed by atoms with Crippen molar-refractivity contribution >= 4 is 36.1 Å². The number of aldehydes is 1. The first-order valence-corrected chi connectivity index (χ1v) is 17.0. The number of hydrogen-bond acceptors (Lipinski definition) is 10. The monoisotopic (exact) mass is 719 g/mol. The number of rotatable bonds is 16. The summed E-state index contributed by atoms with van der Waals surface area (Å²) in [7, 11) is 1.47. The molecule has 0 saturated carbocycles. The molecule has 2 aromatic carbocycles. The first-order valence-electron chi connectivity index (χ1n) is 17.0. The van der Waals surface area contributed by atoms with Crippen molar-refractivity contribution < 1.29 is 43.0 Å². The second-order valence-corrected chi connectivity index (χ2v) is 13.8. The van der Waals surface area contributed by atoms with Gasteiger partial charge in [0.15, 0.2) is 6.29 Å². The summed E-state index contributed by atoms with van der Waals surface area (Å²) in [6, 6.07) is 16.3. The largest absolute Gasteiger partial charge is 0.491 e. The van der Waals surface area contributed by atoms with Gasteiger partial charge in [0.2, 0.25) is 5.91 Å². The third-order valence-corrected chi connectivity index (χ3v) is 7.04. The van der Waals surface area contributed by atoms with E-state index in [2.05, 4.69) is 20.9 Å². The molecule has 0 spiro atoms. The molecule has 1 unspecified atom stereocenters. The Morgan fingerprint density at radius 2 is 1.48 bits per heavy atom. The lowest BCUT2D eigenvalue weighted by atomic mass is 10.1. The maximum Gasteiger partial charge on any atom is 0.408 e. The molecule has 3 N–H and O–H groups in total. The van der Waals surface area contributed by atoms with E-state index in [1.165, 1.54) is 7.05 Å². The number of hydroxylamine groups is 2. The summed E-state index contributed by atoms with van der Waals surface area (Å²) in [6.07, 6.45) is 2.38. The van der Waals surface area contributed by atoms with Crippen molar-refractivity contribution in [1.82, 2.24) is 20.7 Å². The molecule has 280 valence electrons. The number of hydrogen-bond donors (Lipinski definition) is 3. The van der Waals surface area contributed by atoms with Crippen molar-refractivity contribution in [1.29, 1.82) is 0 Å². The number of aromatic nitrogens is 1. The maximum absolute atomic E-state index is 13.2. The minimum Gasteiger partial charge on any atom is -0.491 e. The number of carbonyl (C=O) groups is 5. The Balaban J connectivity index is 1.50. The second kappa shape index (κ2) is 19.2. The van der Waals surface area contributed by atoms with Crippen LogP contribution in [0.3, 0.4) is 0 Å². The van der Waals surface area contributed by atoms with E-state index in [4.69, 9.17) is 19.0 Å². The van der Waals surface area contributed by atoms with Crippen LogP contribution in [0.5, 0.6) is 5.75 Å². The quantitative estimate of drug-likeness (QED) is 0.0882. The zero-order valence-electron chi connectivity index (χ0n) is 30.8. The second-order valence-electron chi connectivity index (χ2n) is 13.8. The van der Waals surface area contributed by atoms with E-state index >= 15 is 0 Å². The van der Waals surface area contributed by atoms with Gasteiger partial charge >= 0.3 is 12.2 Å². The lowest BCUT2D eigenvalue weighted by molar-refractivity contribution is -0.118. The van der Waals surface area contributed by atoms with Gasteiger partial charge in [0.05, 0.1) is 5.56 Å². The first kappa shape index (κ1) is 40.9. The van der Waals surface area contributed by atoms with E-state index in [0.717, 1.165) is 16.2 Å². The fourth-order valence-corrected chi connectivity index (χ4v) is 4.65. The van der Waals surface area contributed by atoms with E-state index in [-0.39, 0.29) is 24.3 Å². The number of benzene rings is 2. The Morgan fingerprint density at radius 3 is 2.12 bits per heavy atom. The van der Waals surface area contributed by atoms with Crippen LogP contribution in [-0.2, 0) is 19.1 Å². The summed E-state index contributed by atoms with van der Waals surface area (Å²) < 4.78 is 16.3. The van der Waals surface area contributed by atoms with Crippen molar-refractivity contribution in [3.05, 3.63) is 78.0 Å². The van der Waals surface area contributed by atoms with Crippen molar-refractivity contribution in [2.75, 3.05) is 32.1 Å². The van der Waals surface area contributed by atoms with E-state index in [0.29, 0.717) is 43.7 Å². The number of ether oxygens (including phenoxy) is 3. The molecule has 1 aromatic heterocycles. The molecule has 0 bridgehead atoms. The van der Waals surface area contributed by atoms with Crippen LogP contribution in [0.4, 0.5) is 15.4 Å². The summed E-state index contributed by atoms with van der Waals surface area (Å²) in [5.41, 5.74) is 0.834. The van der Waals surface area contributed by atoms with Gasteiger partial charge < -0.3 is 30.2 Å². The highest BCUT2D eigenvalue weighted by atomic mass is 16.7. The zero-order chi connectivity index (χ0) is 38.3. The van der Waals surface area contributed by atoms with Gasteiger partial charge in [-0.1, -0.05) is 30.3 Å². The molecule has 1 atom stereocenters. The van der Waals surface area contributed by atoms with E-state index in [1.54, 1.807) is 96.3 Å². The fourth-order valence-electron chi connectivity index (χ4n) is 4.65. The van der Waals surface area contributed by atoms with Crippen LogP contribution in [0, 0.1) is 0 Å². The van der Waals surface area contributed by atoms with Crippen LogP contribution in [0.15, 0.2) is 66.9 Å². The van der Waals surface area contributed by atoms with Gasteiger partial charge in [-0.15, -0.1) is 0 Å². The predicted octanol–water partition coefficient (Wildman–Crippen LogP) is 6.17. The van der Waals surface area contributed by atoms with E-state index in [1.807, 2.05) is 12.1 Å². The highest BCUT2D eigenvalue weighted by Crippen LogP contribution is 2.23. The number of alkyl carbamates (subject to hydrolysis) is 2. The number of nitrogens with zero attached hydrogens (tertiary/aromatic N) is 2. The molecule has 0 aliphatic carbocycles. The highest BCUT2D eigenvalue weighted by Gasteiger charge is 2.25. The van der Waals surface area contributed by atoms with Gasteiger partial charge in [0.25, 0.3) is 5.91 Å². The molecule has 14 nitrogen and oxygen atoms in total. The smallest absolute Gasteiger partial charge is 0.408 e. The Labute approximate surface area is 304 Å². The molecule has 0 aliphatic rings. The number of amides is 4. The Morgan fingerprint density at radius 1 is 0.827 bits per heavy atom. The van der Waals surface area contributed by atoms with E-state index in [9.17, 15) is 24.0 Å². The zero-order valence-corrected chi connectivity index (χ0v) is 30.8. The molecule has 3 aromatic rings. The topological polar surface area (TPSA) is 174 Å². The van der Waals surface area contributed by atoms with Gasteiger partial charge in [-0.2, -0.15) is 0 Å². The number of pyridine rings is 1. The van der Waals surface area contributed by atoms with Crippen molar-refractivity contribution in [3.63, 3.8) is 0 Å². The molecule has 0 fully saturated rings. The maximum atomic E-state index is 13.2. The normalized spacial score (nSPS) is 11.8. The van der Waals surface area contributed by atoms with Crippen LogP contribution in [0.2, 0.25) is 0 Å². The van der Waals surface area contributed by atoms with Crippen LogP contribution >= 0.6 is 0 Å². The van der Waals surface area contributed by atoms with E-state index < -0.39 is 41.2 Å². The number of carbonyl (C=O) groups excluding carboxylic acids is 5. The molecule has 0 radical (unpaired) electrons.